The molecule has 2 rings (SSSR count). The summed E-state index contributed by atoms with van der Waals surface area (Å²) in [6.45, 7) is 5.98. The lowest BCUT2D eigenvalue weighted by Gasteiger charge is -2.14. The number of carbonyl (C=O) groups excluding carboxylic acids is 1. The van der Waals surface area contributed by atoms with Gasteiger partial charge in [0.25, 0.3) is 0 Å². The number of anilines is 2. The SMILES string of the molecule is CC(C)S(=O)(=O)Oc1ccc(NC(=O)Nc2ccccc2OS(=O)(=O)C(C)C)cc1. The summed E-state index contributed by atoms with van der Waals surface area (Å²) in [4.78, 5) is 12.3. The highest BCUT2D eigenvalue weighted by Gasteiger charge is 2.21. The third-order valence-electron chi connectivity index (χ3n) is 3.82. The van der Waals surface area contributed by atoms with Gasteiger partial charge in [0.1, 0.15) is 5.75 Å². The normalized spacial score (nSPS) is 11.9. The zero-order valence-corrected chi connectivity index (χ0v) is 18.6. The Kier molecular flexibility index (Phi) is 7.32. The second kappa shape index (κ2) is 9.35. The van der Waals surface area contributed by atoms with Crippen molar-refractivity contribution in [1.29, 1.82) is 0 Å². The molecule has 9 nitrogen and oxygen atoms in total. The van der Waals surface area contributed by atoms with Crippen LogP contribution in [0.1, 0.15) is 27.7 Å². The van der Waals surface area contributed by atoms with E-state index in [0.29, 0.717) is 5.69 Å². The average molecular weight is 457 g/mol. The van der Waals surface area contributed by atoms with Crippen molar-refractivity contribution in [3.8, 4) is 11.5 Å². The van der Waals surface area contributed by atoms with E-state index in [4.69, 9.17) is 8.37 Å². The fourth-order valence-electron chi connectivity index (χ4n) is 1.97. The van der Waals surface area contributed by atoms with Crippen molar-refractivity contribution in [2.75, 3.05) is 10.6 Å². The Morgan fingerprint density at radius 2 is 1.30 bits per heavy atom. The Hall–Kier alpha value is -2.79. The summed E-state index contributed by atoms with van der Waals surface area (Å²) in [5.74, 6) is 0.108. The lowest BCUT2D eigenvalue weighted by molar-refractivity contribution is 0.262. The number of benzene rings is 2. The van der Waals surface area contributed by atoms with Crippen molar-refractivity contribution >= 4 is 37.6 Å². The minimum absolute atomic E-state index is 0.0102. The van der Waals surface area contributed by atoms with E-state index in [9.17, 15) is 21.6 Å². The van der Waals surface area contributed by atoms with Gasteiger partial charge in [-0.05, 0) is 64.1 Å². The molecule has 0 heterocycles. The molecule has 2 amide bonds. The van der Waals surface area contributed by atoms with Crippen LogP contribution in [0.2, 0.25) is 0 Å². The summed E-state index contributed by atoms with van der Waals surface area (Å²) in [5.41, 5.74) is 0.539. The molecular formula is C19H24N2O7S2. The van der Waals surface area contributed by atoms with Gasteiger partial charge in [0.15, 0.2) is 5.75 Å². The van der Waals surface area contributed by atoms with Crippen LogP contribution in [0, 0.1) is 0 Å². The molecule has 0 spiro atoms. The zero-order chi connectivity index (χ0) is 22.5. The Morgan fingerprint density at radius 3 is 1.87 bits per heavy atom. The highest BCUT2D eigenvalue weighted by molar-refractivity contribution is 7.87. The summed E-state index contributed by atoms with van der Waals surface area (Å²) < 4.78 is 57.6. The standard InChI is InChI=1S/C19H24N2O7S2/c1-13(2)29(23,24)27-16-11-9-15(10-12-16)20-19(22)21-17-7-5-6-8-18(17)28-30(25,26)14(3)4/h5-14H,1-4H3,(H2,20,21,22). The van der Waals surface area contributed by atoms with Gasteiger partial charge in [-0.3, -0.25) is 0 Å². The number of hydrogen-bond donors (Lipinski definition) is 2. The van der Waals surface area contributed by atoms with Gasteiger partial charge in [-0.25, -0.2) is 4.79 Å². The molecule has 0 bridgehead atoms. The fourth-order valence-corrected chi connectivity index (χ4v) is 3.13. The molecular weight excluding hydrogens is 432 g/mol. The van der Waals surface area contributed by atoms with Crippen LogP contribution < -0.4 is 19.0 Å². The molecule has 0 radical (unpaired) electrons. The van der Waals surface area contributed by atoms with Gasteiger partial charge < -0.3 is 19.0 Å². The maximum absolute atomic E-state index is 12.3. The molecule has 0 atom stereocenters. The molecule has 2 aromatic rings. The van der Waals surface area contributed by atoms with E-state index in [2.05, 4.69) is 10.6 Å². The first kappa shape index (κ1) is 23.5. The number of hydrogen-bond acceptors (Lipinski definition) is 7. The van der Waals surface area contributed by atoms with E-state index >= 15 is 0 Å². The molecule has 0 aromatic heterocycles. The summed E-state index contributed by atoms with van der Waals surface area (Å²) in [6.07, 6.45) is 0. The van der Waals surface area contributed by atoms with Crippen molar-refractivity contribution in [1.82, 2.24) is 0 Å². The fraction of sp³-hybridized carbons (Fsp3) is 0.316. The van der Waals surface area contributed by atoms with Crippen LogP contribution in [0.25, 0.3) is 0 Å². The first-order valence-electron chi connectivity index (χ1n) is 9.04. The molecule has 0 saturated carbocycles. The lowest BCUT2D eigenvalue weighted by atomic mass is 10.3. The van der Waals surface area contributed by atoms with Crippen LogP contribution in [-0.4, -0.2) is 33.4 Å². The molecule has 0 aliphatic rings. The van der Waals surface area contributed by atoms with Crippen LogP contribution >= 0.6 is 0 Å². The van der Waals surface area contributed by atoms with E-state index in [1.54, 1.807) is 12.1 Å². The van der Waals surface area contributed by atoms with Gasteiger partial charge in [-0.1, -0.05) is 12.1 Å². The number of carbonyl (C=O) groups is 1. The molecule has 0 aliphatic carbocycles. The molecule has 0 fully saturated rings. The highest BCUT2D eigenvalue weighted by atomic mass is 32.2. The van der Waals surface area contributed by atoms with Crippen LogP contribution in [0.4, 0.5) is 16.2 Å². The Balaban J connectivity index is 2.07. The minimum atomic E-state index is -3.83. The smallest absolute Gasteiger partial charge is 0.323 e. The zero-order valence-electron chi connectivity index (χ0n) is 16.9. The maximum atomic E-state index is 12.3. The summed E-state index contributed by atoms with van der Waals surface area (Å²) in [5, 5.41) is 3.64. The van der Waals surface area contributed by atoms with Crippen molar-refractivity contribution in [3.63, 3.8) is 0 Å². The molecule has 30 heavy (non-hydrogen) atoms. The number of nitrogens with one attached hydrogen (secondary N) is 2. The summed E-state index contributed by atoms with van der Waals surface area (Å²) >= 11 is 0. The average Bonchev–Trinajstić information content (AvgIpc) is 2.64. The van der Waals surface area contributed by atoms with Gasteiger partial charge in [-0.2, -0.15) is 16.8 Å². The molecule has 11 heteroatoms. The first-order chi connectivity index (χ1) is 13.9. The van der Waals surface area contributed by atoms with Gasteiger partial charge in [0, 0.05) is 5.69 Å². The van der Waals surface area contributed by atoms with Gasteiger partial charge in [-0.15, -0.1) is 0 Å². The lowest BCUT2D eigenvalue weighted by Crippen LogP contribution is -2.23. The number of para-hydroxylation sites is 2. The van der Waals surface area contributed by atoms with Crippen molar-refractivity contribution < 1.29 is 30.0 Å². The van der Waals surface area contributed by atoms with E-state index in [-0.39, 0.29) is 17.2 Å². The second-order valence-electron chi connectivity index (χ2n) is 6.85. The van der Waals surface area contributed by atoms with Gasteiger partial charge >= 0.3 is 26.3 Å². The van der Waals surface area contributed by atoms with E-state index in [0.717, 1.165) is 0 Å². The van der Waals surface area contributed by atoms with E-state index in [1.165, 1.54) is 64.1 Å². The number of rotatable bonds is 8. The topological polar surface area (TPSA) is 128 Å². The summed E-state index contributed by atoms with van der Waals surface area (Å²) in [7, 11) is -7.55. The number of amides is 2. The van der Waals surface area contributed by atoms with Crippen LogP contribution in [0.15, 0.2) is 48.5 Å². The van der Waals surface area contributed by atoms with Crippen molar-refractivity contribution in [2.45, 2.75) is 38.2 Å². The maximum Gasteiger partial charge on any atom is 0.323 e. The molecule has 2 N–H and O–H groups in total. The largest absolute Gasteiger partial charge is 0.382 e. The van der Waals surface area contributed by atoms with Crippen LogP contribution in [0.3, 0.4) is 0 Å². The quantitative estimate of drug-likeness (QED) is 0.581. The monoisotopic (exact) mass is 456 g/mol. The third-order valence-corrected chi connectivity index (χ3v) is 6.97. The van der Waals surface area contributed by atoms with Gasteiger partial charge in [0.2, 0.25) is 0 Å². The van der Waals surface area contributed by atoms with Crippen molar-refractivity contribution in [3.05, 3.63) is 48.5 Å². The van der Waals surface area contributed by atoms with E-state index in [1.807, 2.05) is 0 Å². The molecule has 2 aromatic carbocycles. The summed E-state index contributed by atoms with van der Waals surface area (Å²) in [6, 6.07) is 11.2. The second-order valence-corrected chi connectivity index (χ2v) is 11.0. The van der Waals surface area contributed by atoms with Gasteiger partial charge in [0.05, 0.1) is 16.2 Å². The molecule has 0 unspecified atom stereocenters. The molecule has 0 aliphatic heterocycles. The van der Waals surface area contributed by atoms with Crippen LogP contribution in [-0.2, 0) is 20.2 Å². The third kappa shape index (κ3) is 6.36. The molecule has 164 valence electrons. The molecule has 0 saturated heterocycles. The Morgan fingerprint density at radius 1 is 0.767 bits per heavy atom. The Bertz CT molecular complexity index is 1090. The van der Waals surface area contributed by atoms with Crippen molar-refractivity contribution in [2.24, 2.45) is 0 Å². The van der Waals surface area contributed by atoms with E-state index < -0.39 is 36.8 Å². The van der Waals surface area contributed by atoms with Crippen LogP contribution in [0.5, 0.6) is 11.5 Å². The Labute approximate surface area is 176 Å². The number of urea groups is 1. The highest BCUT2D eigenvalue weighted by Crippen LogP contribution is 2.26. The predicted molar refractivity (Wildman–Crippen MR) is 115 cm³/mol. The predicted octanol–water partition coefficient (Wildman–Crippen LogP) is 3.56. The minimum Gasteiger partial charge on any atom is -0.382 e. The first-order valence-corrected chi connectivity index (χ1v) is 12.0.